The third kappa shape index (κ3) is 3.97. The summed E-state index contributed by atoms with van der Waals surface area (Å²) in [7, 11) is 0. The van der Waals surface area contributed by atoms with Crippen molar-refractivity contribution in [3.05, 3.63) is 70.7 Å². The van der Waals surface area contributed by atoms with Crippen LogP contribution in [0, 0.1) is 6.92 Å². The first-order valence-corrected chi connectivity index (χ1v) is 8.72. The van der Waals surface area contributed by atoms with Crippen molar-refractivity contribution in [3.63, 3.8) is 0 Å². The van der Waals surface area contributed by atoms with E-state index in [1.807, 2.05) is 71.7 Å². The van der Waals surface area contributed by atoms with Crippen LogP contribution >= 0.6 is 11.3 Å². The number of carbonyl (C=O) groups is 2. The Morgan fingerprint density at radius 1 is 1.12 bits per heavy atom. The fourth-order valence-corrected chi connectivity index (χ4v) is 3.07. The number of esters is 1. The summed E-state index contributed by atoms with van der Waals surface area (Å²) in [4.78, 5) is 25.1. The molecule has 1 aromatic carbocycles. The molecule has 1 amide bonds. The largest absolute Gasteiger partial charge is 0.448 e. The van der Waals surface area contributed by atoms with Crippen LogP contribution in [0.1, 0.15) is 22.2 Å². The van der Waals surface area contributed by atoms with Gasteiger partial charge in [0, 0.05) is 18.1 Å². The Bertz CT molecular complexity index is 866. The van der Waals surface area contributed by atoms with E-state index in [2.05, 4.69) is 5.32 Å². The van der Waals surface area contributed by atoms with E-state index >= 15 is 0 Å². The molecule has 1 unspecified atom stereocenters. The normalized spacial score (nSPS) is 11.8. The number of carbonyl (C=O) groups excluding carboxylic acids is 2. The molecule has 0 aliphatic rings. The summed E-state index contributed by atoms with van der Waals surface area (Å²) in [5.74, 6) is -0.874. The van der Waals surface area contributed by atoms with Crippen LogP contribution in [0.3, 0.4) is 0 Å². The number of hydrogen-bond acceptors (Lipinski definition) is 4. The van der Waals surface area contributed by atoms with Crippen LogP contribution in [0.25, 0.3) is 5.69 Å². The topological polar surface area (TPSA) is 60.3 Å². The van der Waals surface area contributed by atoms with Crippen molar-refractivity contribution >= 4 is 28.9 Å². The second-order valence-electron chi connectivity index (χ2n) is 5.63. The highest BCUT2D eigenvalue weighted by molar-refractivity contribution is 7.12. The Hall–Kier alpha value is -2.86. The minimum Gasteiger partial charge on any atom is -0.448 e. The molecular formula is C19H18N2O3S. The van der Waals surface area contributed by atoms with Crippen molar-refractivity contribution in [3.8, 4) is 5.69 Å². The van der Waals surface area contributed by atoms with Crippen LogP contribution in [-0.4, -0.2) is 22.5 Å². The van der Waals surface area contributed by atoms with Crippen molar-refractivity contribution in [2.24, 2.45) is 0 Å². The van der Waals surface area contributed by atoms with Crippen LogP contribution in [0.2, 0.25) is 0 Å². The molecule has 6 heteroatoms. The lowest BCUT2D eigenvalue weighted by atomic mass is 10.2. The van der Waals surface area contributed by atoms with Crippen molar-refractivity contribution in [1.82, 2.24) is 4.57 Å². The molecule has 0 bridgehead atoms. The lowest BCUT2D eigenvalue weighted by Crippen LogP contribution is -2.30. The molecule has 128 valence electrons. The van der Waals surface area contributed by atoms with Crippen LogP contribution in [0.5, 0.6) is 0 Å². The summed E-state index contributed by atoms with van der Waals surface area (Å²) >= 11 is 1.29. The smallest absolute Gasteiger partial charge is 0.351 e. The lowest BCUT2D eigenvalue weighted by molar-refractivity contribution is -0.123. The lowest BCUT2D eigenvalue weighted by Gasteiger charge is -2.14. The molecule has 3 rings (SSSR count). The average Bonchev–Trinajstić information content (AvgIpc) is 3.27. The Morgan fingerprint density at radius 2 is 1.80 bits per heavy atom. The Morgan fingerprint density at radius 3 is 2.48 bits per heavy atom. The summed E-state index contributed by atoms with van der Waals surface area (Å²) in [6.45, 7) is 3.53. The fourth-order valence-electron chi connectivity index (χ4n) is 2.30. The first kappa shape index (κ1) is 17.0. The van der Waals surface area contributed by atoms with Gasteiger partial charge in [-0.3, -0.25) is 4.79 Å². The molecule has 0 radical (unpaired) electrons. The maximum atomic E-state index is 12.4. The van der Waals surface area contributed by atoms with E-state index in [1.165, 1.54) is 11.3 Å². The van der Waals surface area contributed by atoms with Crippen molar-refractivity contribution in [2.75, 3.05) is 5.32 Å². The molecule has 0 aliphatic carbocycles. The Kier molecular flexibility index (Phi) is 5.00. The number of amides is 1. The molecule has 1 N–H and O–H groups in total. The van der Waals surface area contributed by atoms with Gasteiger partial charge in [-0.25, -0.2) is 4.79 Å². The molecule has 0 saturated heterocycles. The third-order valence-corrected chi connectivity index (χ3v) is 4.57. The van der Waals surface area contributed by atoms with Gasteiger partial charge < -0.3 is 14.6 Å². The number of aryl methyl sites for hydroxylation is 1. The van der Waals surface area contributed by atoms with E-state index in [0.29, 0.717) is 10.6 Å². The molecule has 2 aromatic heterocycles. The van der Waals surface area contributed by atoms with E-state index in [0.717, 1.165) is 11.3 Å². The third-order valence-electron chi connectivity index (χ3n) is 3.68. The number of anilines is 1. The van der Waals surface area contributed by atoms with E-state index < -0.39 is 12.1 Å². The number of aromatic nitrogens is 1. The highest BCUT2D eigenvalue weighted by Crippen LogP contribution is 2.23. The molecule has 5 nitrogen and oxygen atoms in total. The summed E-state index contributed by atoms with van der Waals surface area (Å²) in [6, 6.07) is 13.0. The number of hydrogen-bond donors (Lipinski definition) is 1. The standard InChI is InChI=1S/C19H18N2O3S/c1-13-5-7-15(8-6-13)20-18(22)14(2)24-19(23)17-16(9-12-25-17)21-10-3-4-11-21/h3-12,14H,1-2H3,(H,20,22). The first-order valence-electron chi connectivity index (χ1n) is 7.84. The summed E-state index contributed by atoms with van der Waals surface area (Å²) in [5.41, 5.74) is 2.52. The van der Waals surface area contributed by atoms with Gasteiger partial charge >= 0.3 is 5.97 Å². The molecule has 1 atom stereocenters. The quantitative estimate of drug-likeness (QED) is 0.704. The predicted octanol–water partition coefficient (Wildman–Crippen LogP) is 4.03. The van der Waals surface area contributed by atoms with Crippen LogP contribution in [-0.2, 0) is 9.53 Å². The Balaban J connectivity index is 1.65. The number of thiophene rings is 1. The van der Waals surface area contributed by atoms with Gasteiger partial charge in [-0.05, 0) is 49.6 Å². The second-order valence-corrected chi connectivity index (χ2v) is 6.54. The molecule has 0 fully saturated rings. The molecule has 25 heavy (non-hydrogen) atoms. The van der Waals surface area contributed by atoms with Crippen LogP contribution in [0.15, 0.2) is 60.2 Å². The molecule has 0 spiro atoms. The summed E-state index contributed by atoms with van der Waals surface area (Å²) < 4.78 is 7.17. The van der Waals surface area contributed by atoms with Gasteiger partial charge in [0.05, 0.1) is 5.69 Å². The SMILES string of the molecule is Cc1ccc(NC(=O)C(C)OC(=O)c2sccc2-n2cccc2)cc1. The van der Waals surface area contributed by atoms with Crippen molar-refractivity contribution in [2.45, 2.75) is 20.0 Å². The van der Waals surface area contributed by atoms with Gasteiger partial charge in [-0.2, -0.15) is 0 Å². The van der Waals surface area contributed by atoms with Crippen molar-refractivity contribution in [1.29, 1.82) is 0 Å². The maximum absolute atomic E-state index is 12.4. The number of ether oxygens (including phenoxy) is 1. The predicted molar refractivity (Wildman–Crippen MR) is 98.3 cm³/mol. The number of nitrogens with one attached hydrogen (secondary N) is 1. The van der Waals surface area contributed by atoms with Gasteiger partial charge in [-0.15, -0.1) is 11.3 Å². The minimum absolute atomic E-state index is 0.365. The first-order chi connectivity index (χ1) is 12.0. The maximum Gasteiger partial charge on any atom is 0.351 e. The molecule has 0 aliphatic heterocycles. The van der Waals surface area contributed by atoms with Gasteiger partial charge in [0.15, 0.2) is 6.10 Å². The van der Waals surface area contributed by atoms with E-state index in [1.54, 1.807) is 6.92 Å². The van der Waals surface area contributed by atoms with Gasteiger partial charge in [0.1, 0.15) is 4.88 Å². The molecule has 2 heterocycles. The van der Waals surface area contributed by atoms with E-state index in [-0.39, 0.29) is 5.91 Å². The zero-order valence-corrected chi connectivity index (χ0v) is 14.7. The fraction of sp³-hybridized carbons (Fsp3) is 0.158. The zero-order chi connectivity index (χ0) is 17.8. The molecule has 0 saturated carbocycles. The average molecular weight is 354 g/mol. The second kappa shape index (κ2) is 7.36. The van der Waals surface area contributed by atoms with Crippen molar-refractivity contribution < 1.29 is 14.3 Å². The highest BCUT2D eigenvalue weighted by Gasteiger charge is 2.22. The summed E-state index contributed by atoms with van der Waals surface area (Å²) in [6.07, 6.45) is 2.81. The van der Waals surface area contributed by atoms with E-state index in [9.17, 15) is 9.59 Å². The minimum atomic E-state index is -0.895. The highest BCUT2D eigenvalue weighted by atomic mass is 32.1. The van der Waals surface area contributed by atoms with Gasteiger partial charge in [0.2, 0.25) is 0 Å². The van der Waals surface area contributed by atoms with E-state index in [4.69, 9.17) is 4.74 Å². The van der Waals surface area contributed by atoms with Crippen LogP contribution < -0.4 is 5.32 Å². The number of rotatable bonds is 5. The Labute approximate surface area is 149 Å². The monoisotopic (exact) mass is 354 g/mol. The van der Waals surface area contributed by atoms with Crippen LogP contribution in [0.4, 0.5) is 5.69 Å². The molecular weight excluding hydrogens is 336 g/mol. The zero-order valence-electron chi connectivity index (χ0n) is 13.9. The van der Waals surface area contributed by atoms with Gasteiger partial charge in [0.25, 0.3) is 5.91 Å². The van der Waals surface area contributed by atoms with Gasteiger partial charge in [-0.1, -0.05) is 17.7 Å². The number of benzene rings is 1. The summed E-state index contributed by atoms with van der Waals surface area (Å²) in [5, 5.41) is 4.57. The number of nitrogens with zero attached hydrogens (tertiary/aromatic N) is 1. The molecule has 3 aromatic rings.